The summed E-state index contributed by atoms with van der Waals surface area (Å²) in [7, 11) is 3.19. The molecule has 0 spiro atoms. The van der Waals surface area contributed by atoms with Gasteiger partial charge < -0.3 is 14.8 Å². The smallest absolute Gasteiger partial charge is 0.131 e. The highest BCUT2D eigenvalue weighted by Gasteiger charge is 2.25. The third-order valence-corrected chi connectivity index (χ3v) is 4.54. The maximum absolute atomic E-state index is 14.1. The maximum Gasteiger partial charge on any atom is 0.131 e. The average molecular weight is 339 g/mol. The molecular formula is C19H18FN3O2. The van der Waals surface area contributed by atoms with Crippen molar-refractivity contribution in [3.05, 3.63) is 58.9 Å². The van der Waals surface area contributed by atoms with E-state index in [1.54, 1.807) is 19.2 Å². The summed E-state index contributed by atoms with van der Waals surface area (Å²) >= 11 is 0. The number of aromatic nitrogens is 2. The molecule has 0 fully saturated rings. The Hall–Kier alpha value is -3.02. The minimum Gasteiger partial charge on any atom is -0.497 e. The molecule has 6 heteroatoms. The predicted octanol–water partition coefficient (Wildman–Crippen LogP) is 3.75. The Morgan fingerprint density at radius 1 is 1.20 bits per heavy atom. The lowest BCUT2D eigenvalue weighted by Gasteiger charge is -2.11. The van der Waals surface area contributed by atoms with E-state index < -0.39 is 0 Å². The number of halogens is 1. The number of nitrogens with one attached hydrogen (secondary N) is 2. The van der Waals surface area contributed by atoms with Crippen molar-refractivity contribution in [3.63, 3.8) is 0 Å². The fraction of sp³-hybridized carbons (Fsp3) is 0.211. The number of H-pyrrole nitrogens is 1. The standard InChI is InChI=1S/C19H18FN3O2/c1-24-12-7-6-11-8-14-18(13(11)9-12)22-23-19(14)21-10-15-16(20)4-3-5-17(15)25-2/h3-7,9H,8,10H2,1-2H3,(H2,21,22,23). The summed E-state index contributed by atoms with van der Waals surface area (Å²) in [6.07, 6.45) is 0.780. The third-order valence-electron chi connectivity index (χ3n) is 4.54. The largest absolute Gasteiger partial charge is 0.497 e. The zero-order valence-electron chi connectivity index (χ0n) is 14.0. The van der Waals surface area contributed by atoms with E-state index in [-0.39, 0.29) is 5.82 Å². The summed E-state index contributed by atoms with van der Waals surface area (Å²) in [5, 5.41) is 10.7. The zero-order valence-corrected chi connectivity index (χ0v) is 14.0. The first-order chi connectivity index (χ1) is 12.2. The highest BCUT2D eigenvalue weighted by Crippen LogP contribution is 2.40. The first-order valence-electron chi connectivity index (χ1n) is 8.01. The van der Waals surface area contributed by atoms with Gasteiger partial charge in [0.25, 0.3) is 0 Å². The van der Waals surface area contributed by atoms with Gasteiger partial charge in [-0.3, -0.25) is 5.10 Å². The molecule has 1 heterocycles. The Kier molecular flexibility index (Phi) is 3.80. The van der Waals surface area contributed by atoms with E-state index in [4.69, 9.17) is 9.47 Å². The molecule has 4 rings (SSSR count). The van der Waals surface area contributed by atoms with Gasteiger partial charge in [0.15, 0.2) is 0 Å². The SMILES string of the molecule is COc1ccc2c(c1)-c1n[nH]c(NCc3c(F)cccc3OC)c1C2. The van der Waals surface area contributed by atoms with Gasteiger partial charge in [0.2, 0.25) is 0 Å². The first-order valence-corrected chi connectivity index (χ1v) is 8.01. The van der Waals surface area contributed by atoms with Crippen molar-refractivity contribution < 1.29 is 13.9 Å². The molecule has 0 saturated heterocycles. The third kappa shape index (κ3) is 2.59. The van der Waals surface area contributed by atoms with E-state index in [0.29, 0.717) is 17.9 Å². The van der Waals surface area contributed by atoms with Crippen molar-refractivity contribution in [2.75, 3.05) is 19.5 Å². The summed E-state index contributed by atoms with van der Waals surface area (Å²) in [6.45, 7) is 0.310. The summed E-state index contributed by atoms with van der Waals surface area (Å²) in [6, 6.07) is 10.8. The lowest BCUT2D eigenvalue weighted by molar-refractivity contribution is 0.405. The van der Waals surface area contributed by atoms with Gasteiger partial charge >= 0.3 is 0 Å². The molecule has 0 saturated carbocycles. The molecule has 2 N–H and O–H groups in total. The molecule has 3 aromatic rings. The number of anilines is 1. The van der Waals surface area contributed by atoms with E-state index in [2.05, 4.69) is 21.6 Å². The quantitative estimate of drug-likeness (QED) is 0.581. The Morgan fingerprint density at radius 2 is 2.08 bits per heavy atom. The Labute approximate surface area is 144 Å². The van der Waals surface area contributed by atoms with Gasteiger partial charge in [-0.2, -0.15) is 5.10 Å². The monoisotopic (exact) mass is 339 g/mol. The number of ether oxygens (including phenoxy) is 2. The first kappa shape index (κ1) is 15.5. The van der Waals surface area contributed by atoms with Gasteiger partial charge in [-0.25, -0.2) is 4.39 Å². The molecule has 1 aliphatic carbocycles. The van der Waals surface area contributed by atoms with E-state index in [9.17, 15) is 4.39 Å². The van der Waals surface area contributed by atoms with Crippen molar-refractivity contribution in [2.24, 2.45) is 0 Å². The van der Waals surface area contributed by atoms with Crippen LogP contribution in [0.15, 0.2) is 36.4 Å². The summed E-state index contributed by atoms with van der Waals surface area (Å²) in [5.74, 6) is 1.84. The van der Waals surface area contributed by atoms with Crippen LogP contribution >= 0.6 is 0 Å². The van der Waals surface area contributed by atoms with Crippen LogP contribution in [0.2, 0.25) is 0 Å². The van der Waals surface area contributed by atoms with Crippen molar-refractivity contribution >= 4 is 5.82 Å². The average Bonchev–Trinajstić information content (AvgIpc) is 3.19. The topological polar surface area (TPSA) is 59.2 Å². The molecule has 0 unspecified atom stereocenters. The molecule has 128 valence electrons. The van der Waals surface area contributed by atoms with E-state index >= 15 is 0 Å². The number of nitrogens with zero attached hydrogens (tertiary/aromatic N) is 1. The molecule has 0 bridgehead atoms. The van der Waals surface area contributed by atoms with E-state index in [1.165, 1.54) is 18.7 Å². The van der Waals surface area contributed by atoms with Gasteiger partial charge in [-0.05, 0) is 29.8 Å². The Morgan fingerprint density at radius 3 is 2.88 bits per heavy atom. The molecule has 1 aromatic heterocycles. The number of rotatable bonds is 5. The second kappa shape index (κ2) is 6.12. The van der Waals surface area contributed by atoms with Crippen LogP contribution in [0.3, 0.4) is 0 Å². The van der Waals surface area contributed by atoms with Gasteiger partial charge in [0, 0.05) is 29.7 Å². The minimum absolute atomic E-state index is 0.295. The molecular weight excluding hydrogens is 321 g/mol. The van der Waals surface area contributed by atoms with Crippen LogP contribution in [0.4, 0.5) is 10.2 Å². The number of hydrogen-bond donors (Lipinski definition) is 2. The fourth-order valence-electron chi connectivity index (χ4n) is 3.23. The van der Waals surface area contributed by atoms with E-state index in [0.717, 1.165) is 34.8 Å². The van der Waals surface area contributed by atoms with Crippen LogP contribution < -0.4 is 14.8 Å². The highest BCUT2D eigenvalue weighted by atomic mass is 19.1. The van der Waals surface area contributed by atoms with Crippen LogP contribution in [0.1, 0.15) is 16.7 Å². The molecule has 0 amide bonds. The van der Waals surface area contributed by atoms with Crippen LogP contribution in [0.25, 0.3) is 11.3 Å². The molecule has 0 radical (unpaired) electrons. The second-order valence-corrected chi connectivity index (χ2v) is 5.90. The predicted molar refractivity (Wildman–Crippen MR) is 93.7 cm³/mol. The van der Waals surface area contributed by atoms with Gasteiger partial charge in [-0.1, -0.05) is 12.1 Å². The second-order valence-electron chi connectivity index (χ2n) is 5.90. The molecule has 2 aromatic carbocycles. The van der Waals surface area contributed by atoms with Gasteiger partial charge in [0.1, 0.15) is 23.1 Å². The Balaban J connectivity index is 1.60. The number of fused-ring (bicyclic) bond motifs is 3. The number of aromatic amines is 1. The highest BCUT2D eigenvalue weighted by molar-refractivity contribution is 5.79. The molecule has 25 heavy (non-hydrogen) atoms. The Bertz CT molecular complexity index is 936. The molecule has 0 atom stereocenters. The minimum atomic E-state index is -0.295. The van der Waals surface area contributed by atoms with Gasteiger partial charge in [-0.15, -0.1) is 0 Å². The molecule has 0 aliphatic heterocycles. The van der Waals surface area contributed by atoms with Crippen molar-refractivity contribution in [1.29, 1.82) is 0 Å². The number of benzene rings is 2. The fourth-order valence-corrected chi connectivity index (χ4v) is 3.23. The molecule has 5 nitrogen and oxygen atoms in total. The lowest BCUT2D eigenvalue weighted by Crippen LogP contribution is -2.06. The normalized spacial score (nSPS) is 11.8. The number of hydrogen-bond acceptors (Lipinski definition) is 4. The zero-order chi connectivity index (χ0) is 17.4. The van der Waals surface area contributed by atoms with Crippen molar-refractivity contribution in [1.82, 2.24) is 10.2 Å². The van der Waals surface area contributed by atoms with Crippen LogP contribution in [0.5, 0.6) is 11.5 Å². The lowest BCUT2D eigenvalue weighted by atomic mass is 10.1. The number of methoxy groups -OCH3 is 2. The summed E-state index contributed by atoms with van der Waals surface area (Å²) in [4.78, 5) is 0. The van der Waals surface area contributed by atoms with Crippen molar-refractivity contribution in [3.8, 4) is 22.8 Å². The van der Waals surface area contributed by atoms with Crippen molar-refractivity contribution in [2.45, 2.75) is 13.0 Å². The molecule has 1 aliphatic rings. The summed E-state index contributed by atoms with van der Waals surface area (Å²) < 4.78 is 24.6. The maximum atomic E-state index is 14.1. The van der Waals surface area contributed by atoms with Crippen LogP contribution in [-0.2, 0) is 13.0 Å². The van der Waals surface area contributed by atoms with Crippen LogP contribution in [-0.4, -0.2) is 24.4 Å². The summed E-state index contributed by atoms with van der Waals surface area (Å²) in [5.41, 5.74) is 4.77. The van der Waals surface area contributed by atoms with E-state index in [1.807, 2.05) is 12.1 Å². The van der Waals surface area contributed by atoms with Crippen LogP contribution in [0, 0.1) is 5.82 Å². The van der Waals surface area contributed by atoms with Gasteiger partial charge in [0.05, 0.1) is 19.9 Å².